The Balaban J connectivity index is 1.30. The van der Waals surface area contributed by atoms with Gasteiger partial charge >= 0.3 is 0 Å². The average molecular weight is 525 g/mol. The van der Waals surface area contributed by atoms with E-state index in [9.17, 15) is 9.18 Å². The Bertz CT molecular complexity index is 1520. The van der Waals surface area contributed by atoms with Crippen LogP contribution in [-0.2, 0) is 12.2 Å². The molecule has 5 aromatic rings. The number of nitrogens with one attached hydrogen (secondary N) is 1. The Morgan fingerprint density at radius 2 is 1.58 bits per heavy atom. The Kier molecular flexibility index (Phi) is 7.80. The highest BCUT2D eigenvalue weighted by Gasteiger charge is 2.18. The fourth-order valence-electron chi connectivity index (χ4n) is 3.94. The number of nitrogens with zero attached hydrogens (tertiary/aromatic N) is 3. The van der Waals surface area contributed by atoms with Gasteiger partial charge in [0.05, 0.1) is 12.8 Å². The van der Waals surface area contributed by atoms with Crippen molar-refractivity contribution in [2.24, 2.45) is 0 Å². The van der Waals surface area contributed by atoms with Crippen LogP contribution in [0.1, 0.15) is 27.3 Å². The zero-order chi connectivity index (χ0) is 26.3. The second-order valence-corrected chi connectivity index (χ2v) is 9.46. The number of benzene rings is 4. The number of hydrogen-bond acceptors (Lipinski definition) is 5. The summed E-state index contributed by atoms with van der Waals surface area (Å²) in [6.07, 6.45) is 0.529. The van der Waals surface area contributed by atoms with Gasteiger partial charge in [-0.15, -0.1) is 10.2 Å². The van der Waals surface area contributed by atoms with Crippen molar-refractivity contribution in [3.8, 4) is 11.4 Å². The highest BCUT2D eigenvalue weighted by atomic mass is 32.2. The van der Waals surface area contributed by atoms with E-state index in [1.807, 2.05) is 42.5 Å². The number of halogens is 1. The van der Waals surface area contributed by atoms with Gasteiger partial charge in [0, 0.05) is 23.4 Å². The second kappa shape index (κ2) is 11.7. The molecular weight excluding hydrogens is 499 g/mol. The topological polar surface area (TPSA) is 69.0 Å². The first kappa shape index (κ1) is 25.2. The molecular formula is C30H25FN4O2S. The fraction of sp³-hybridized carbons (Fsp3) is 0.100. The molecule has 0 saturated carbocycles. The van der Waals surface area contributed by atoms with Crippen molar-refractivity contribution in [2.75, 3.05) is 12.4 Å². The van der Waals surface area contributed by atoms with E-state index in [2.05, 4.69) is 15.5 Å². The summed E-state index contributed by atoms with van der Waals surface area (Å²) < 4.78 is 21.7. The van der Waals surface area contributed by atoms with E-state index in [-0.39, 0.29) is 11.7 Å². The number of carbonyl (C=O) groups is 1. The Labute approximate surface area is 224 Å². The molecule has 6 nitrogen and oxygen atoms in total. The molecule has 0 bridgehead atoms. The van der Waals surface area contributed by atoms with Crippen molar-refractivity contribution in [2.45, 2.75) is 17.3 Å². The van der Waals surface area contributed by atoms with Crippen molar-refractivity contribution < 1.29 is 13.9 Å². The molecule has 1 N–H and O–H groups in total. The van der Waals surface area contributed by atoms with Crippen LogP contribution in [0.4, 0.5) is 10.1 Å². The molecule has 190 valence electrons. The summed E-state index contributed by atoms with van der Waals surface area (Å²) in [5, 5.41) is 12.3. The molecule has 0 aliphatic carbocycles. The molecule has 0 aliphatic rings. The maximum Gasteiger partial charge on any atom is 0.255 e. The number of anilines is 1. The Morgan fingerprint density at radius 3 is 2.29 bits per heavy atom. The third-order valence-electron chi connectivity index (χ3n) is 5.93. The zero-order valence-corrected chi connectivity index (χ0v) is 21.5. The summed E-state index contributed by atoms with van der Waals surface area (Å²) in [7, 11) is 1.60. The average Bonchev–Trinajstić information content (AvgIpc) is 3.35. The monoisotopic (exact) mass is 524 g/mol. The number of thioether (sulfide) groups is 1. The minimum atomic E-state index is -0.337. The minimum absolute atomic E-state index is 0.195. The lowest BCUT2D eigenvalue weighted by molar-refractivity contribution is 0.102. The van der Waals surface area contributed by atoms with E-state index in [0.717, 1.165) is 16.9 Å². The van der Waals surface area contributed by atoms with E-state index in [1.165, 1.54) is 17.8 Å². The molecule has 0 unspecified atom stereocenters. The van der Waals surface area contributed by atoms with Gasteiger partial charge in [0.25, 0.3) is 5.91 Å². The largest absolute Gasteiger partial charge is 0.497 e. The molecule has 1 aromatic heterocycles. The normalized spacial score (nSPS) is 10.8. The van der Waals surface area contributed by atoms with Crippen LogP contribution in [0.5, 0.6) is 5.75 Å². The van der Waals surface area contributed by atoms with Gasteiger partial charge in [0.2, 0.25) is 0 Å². The van der Waals surface area contributed by atoms with Gasteiger partial charge in [-0.05, 0) is 59.7 Å². The zero-order valence-electron chi connectivity index (χ0n) is 20.7. The van der Waals surface area contributed by atoms with Crippen molar-refractivity contribution in [1.82, 2.24) is 14.8 Å². The number of methoxy groups -OCH3 is 1. The molecule has 0 spiro atoms. The lowest BCUT2D eigenvalue weighted by Crippen LogP contribution is -2.11. The van der Waals surface area contributed by atoms with Gasteiger partial charge in [-0.2, -0.15) is 0 Å². The van der Waals surface area contributed by atoms with Crippen molar-refractivity contribution in [3.05, 3.63) is 131 Å². The molecule has 0 saturated heterocycles. The molecule has 1 amide bonds. The minimum Gasteiger partial charge on any atom is -0.497 e. The second-order valence-electron chi connectivity index (χ2n) is 8.52. The third-order valence-corrected chi connectivity index (χ3v) is 6.93. The van der Waals surface area contributed by atoms with E-state index in [0.29, 0.717) is 40.1 Å². The van der Waals surface area contributed by atoms with Crippen LogP contribution in [0.2, 0.25) is 0 Å². The van der Waals surface area contributed by atoms with Crippen molar-refractivity contribution >= 4 is 23.4 Å². The van der Waals surface area contributed by atoms with Crippen LogP contribution >= 0.6 is 11.8 Å². The molecule has 4 aromatic carbocycles. The summed E-state index contributed by atoms with van der Waals surface area (Å²) in [5.74, 6) is 1.44. The van der Waals surface area contributed by atoms with Crippen LogP contribution in [0, 0.1) is 5.82 Å². The highest BCUT2D eigenvalue weighted by molar-refractivity contribution is 7.98. The van der Waals surface area contributed by atoms with Gasteiger partial charge in [-0.3, -0.25) is 9.36 Å². The molecule has 0 atom stereocenters. The predicted octanol–water partition coefficient (Wildman–Crippen LogP) is 6.55. The van der Waals surface area contributed by atoms with Gasteiger partial charge in [0.1, 0.15) is 17.4 Å². The molecule has 38 heavy (non-hydrogen) atoms. The smallest absolute Gasteiger partial charge is 0.255 e. The summed E-state index contributed by atoms with van der Waals surface area (Å²) in [4.78, 5) is 12.6. The number of para-hydroxylation sites is 1. The number of rotatable bonds is 9. The maximum atomic E-state index is 14.8. The molecule has 0 radical (unpaired) electrons. The number of aromatic nitrogens is 3. The van der Waals surface area contributed by atoms with Crippen LogP contribution in [-0.4, -0.2) is 27.8 Å². The van der Waals surface area contributed by atoms with Crippen LogP contribution in [0.3, 0.4) is 0 Å². The first-order valence-electron chi connectivity index (χ1n) is 12.0. The molecule has 5 rings (SSSR count). The Morgan fingerprint density at radius 1 is 0.868 bits per heavy atom. The van der Waals surface area contributed by atoms with E-state index in [1.54, 1.807) is 66.3 Å². The fourth-order valence-corrected chi connectivity index (χ4v) is 4.86. The van der Waals surface area contributed by atoms with E-state index < -0.39 is 0 Å². The van der Waals surface area contributed by atoms with Crippen LogP contribution in [0.15, 0.2) is 108 Å². The van der Waals surface area contributed by atoms with Crippen molar-refractivity contribution in [1.29, 1.82) is 0 Å². The number of ether oxygens (including phenoxy) is 1. The lowest BCUT2D eigenvalue weighted by atomic mass is 10.1. The number of hydrogen-bond donors (Lipinski definition) is 1. The van der Waals surface area contributed by atoms with Gasteiger partial charge in [-0.1, -0.05) is 66.4 Å². The summed E-state index contributed by atoms with van der Waals surface area (Å²) in [6, 6.07) is 31.1. The number of amides is 1. The molecule has 8 heteroatoms. The quantitative estimate of drug-likeness (QED) is 0.222. The number of carbonyl (C=O) groups excluding carboxylic acids is 1. The van der Waals surface area contributed by atoms with Crippen LogP contribution < -0.4 is 10.1 Å². The van der Waals surface area contributed by atoms with Crippen molar-refractivity contribution in [3.63, 3.8) is 0 Å². The predicted molar refractivity (Wildman–Crippen MR) is 148 cm³/mol. The summed E-state index contributed by atoms with van der Waals surface area (Å²) in [5.41, 5.74) is 3.72. The first-order chi connectivity index (χ1) is 18.6. The van der Waals surface area contributed by atoms with Gasteiger partial charge < -0.3 is 10.1 Å². The van der Waals surface area contributed by atoms with Gasteiger partial charge in [-0.25, -0.2) is 4.39 Å². The lowest BCUT2D eigenvalue weighted by Gasteiger charge is -2.11. The molecule has 0 aliphatic heterocycles. The van der Waals surface area contributed by atoms with E-state index >= 15 is 0 Å². The Hall–Kier alpha value is -4.43. The standard InChI is InChI=1S/C30H25FN4O2S/c1-37-25-17-15-24(16-18-25)32-29(36)23-13-11-22(12-14-23)20-38-30-34-33-28(19-21-7-3-2-4-8-21)35(30)27-10-6-5-9-26(27)31/h2-18H,19-20H2,1H3,(H,32,36). The SMILES string of the molecule is COc1ccc(NC(=O)c2ccc(CSc3nnc(Cc4ccccc4)n3-c3ccccc3F)cc2)cc1. The third kappa shape index (κ3) is 5.92. The summed E-state index contributed by atoms with van der Waals surface area (Å²) in [6.45, 7) is 0. The van der Waals surface area contributed by atoms with Crippen LogP contribution in [0.25, 0.3) is 5.69 Å². The molecule has 1 heterocycles. The highest BCUT2D eigenvalue weighted by Crippen LogP contribution is 2.28. The molecule has 0 fully saturated rings. The maximum absolute atomic E-state index is 14.8. The van der Waals surface area contributed by atoms with Gasteiger partial charge in [0.15, 0.2) is 5.16 Å². The summed E-state index contributed by atoms with van der Waals surface area (Å²) >= 11 is 1.47. The van der Waals surface area contributed by atoms with E-state index in [4.69, 9.17) is 4.74 Å². The first-order valence-corrected chi connectivity index (χ1v) is 13.0.